The fourth-order valence-electron chi connectivity index (χ4n) is 4.71. The number of H-pyrrole nitrogens is 1. The lowest BCUT2D eigenvalue weighted by Crippen LogP contribution is -2.38. The molecule has 0 unspecified atom stereocenters. The number of aromatic amines is 1. The Labute approximate surface area is 230 Å². The van der Waals surface area contributed by atoms with Gasteiger partial charge >= 0.3 is 18.2 Å². The van der Waals surface area contributed by atoms with Gasteiger partial charge < -0.3 is 19.4 Å². The number of ether oxygens (including phenoxy) is 2. The number of hydrogen-bond donors (Lipinski definition) is 1. The van der Waals surface area contributed by atoms with Crippen molar-refractivity contribution in [3.05, 3.63) is 106 Å². The van der Waals surface area contributed by atoms with E-state index in [-0.39, 0.29) is 23.6 Å². The van der Waals surface area contributed by atoms with Gasteiger partial charge in [0.2, 0.25) is 5.95 Å². The van der Waals surface area contributed by atoms with Crippen LogP contribution in [-0.4, -0.2) is 39.1 Å². The Morgan fingerprint density at radius 2 is 1.76 bits per heavy atom. The lowest BCUT2D eigenvalue weighted by atomic mass is 10.1. The van der Waals surface area contributed by atoms with Gasteiger partial charge in [-0.2, -0.15) is 13.2 Å². The molecule has 0 bridgehead atoms. The molecule has 1 aliphatic heterocycles. The van der Waals surface area contributed by atoms with Crippen molar-refractivity contribution in [2.45, 2.75) is 19.1 Å². The molecule has 0 radical (unpaired) electrons. The van der Waals surface area contributed by atoms with E-state index in [4.69, 9.17) is 14.5 Å². The number of imidazole rings is 1. The smallest absolute Gasteiger partial charge is 0.416 e. The van der Waals surface area contributed by atoms with Crippen molar-refractivity contribution in [3.8, 4) is 17.4 Å². The van der Waals surface area contributed by atoms with E-state index in [9.17, 15) is 22.8 Å². The summed E-state index contributed by atoms with van der Waals surface area (Å²) in [5.74, 6) is 0.244. The molecule has 0 amide bonds. The number of rotatable bonds is 5. The fraction of sp³-hybridized carbons (Fsp3) is 0.172. The van der Waals surface area contributed by atoms with Gasteiger partial charge in [0.15, 0.2) is 0 Å². The number of aromatic nitrogens is 4. The molecule has 2 aromatic heterocycles. The van der Waals surface area contributed by atoms with Gasteiger partial charge in [0.1, 0.15) is 5.75 Å². The third-order valence-corrected chi connectivity index (χ3v) is 6.79. The number of nitrogens with zero attached hydrogens (tertiary/aromatic N) is 4. The van der Waals surface area contributed by atoms with Crippen molar-refractivity contribution in [1.29, 1.82) is 0 Å². The number of halogens is 3. The van der Waals surface area contributed by atoms with Gasteiger partial charge in [0.05, 0.1) is 52.8 Å². The minimum atomic E-state index is -4.47. The Hall–Kier alpha value is -5.13. The van der Waals surface area contributed by atoms with Crippen molar-refractivity contribution in [3.63, 3.8) is 0 Å². The summed E-state index contributed by atoms with van der Waals surface area (Å²) in [6.45, 7) is 0.571. The number of anilines is 1. The number of methoxy groups -OCH3 is 1. The Bertz CT molecular complexity index is 1820. The molecule has 0 fully saturated rings. The number of benzene rings is 3. The maximum absolute atomic E-state index is 13.9. The zero-order valence-electron chi connectivity index (χ0n) is 21.6. The molecule has 0 saturated heterocycles. The third kappa shape index (κ3) is 4.99. The van der Waals surface area contributed by atoms with Crippen LogP contribution in [0.3, 0.4) is 0 Å². The van der Waals surface area contributed by atoms with E-state index in [1.807, 2.05) is 6.07 Å². The number of nitrogens with one attached hydrogen (secondary N) is 1. The predicted molar refractivity (Wildman–Crippen MR) is 144 cm³/mol. The second-order valence-corrected chi connectivity index (χ2v) is 9.38. The van der Waals surface area contributed by atoms with E-state index < -0.39 is 17.7 Å². The van der Waals surface area contributed by atoms with Crippen molar-refractivity contribution in [2.24, 2.45) is 0 Å². The maximum atomic E-state index is 13.9. The highest BCUT2D eigenvalue weighted by atomic mass is 19.4. The molecule has 41 heavy (non-hydrogen) atoms. The minimum Gasteiger partial charge on any atom is -0.465 e. The lowest BCUT2D eigenvalue weighted by molar-refractivity contribution is -0.137. The summed E-state index contributed by atoms with van der Waals surface area (Å²) in [5.41, 5.74) is 1.38. The third-order valence-electron chi connectivity index (χ3n) is 6.79. The molecule has 12 heteroatoms. The number of esters is 1. The quantitative estimate of drug-likeness (QED) is 0.292. The SMILES string of the molecule is COC(=O)c1ccc(Oc2nc3c(c(=O)n2-c2ccccc2)CN(c2nc4ccc(C(F)(F)F)cc4[nH]2)CC3)cc1. The molecule has 208 valence electrons. The molecular weight excluding hydrogens is 539 g/mol. The van der Waals surface area contributed by atoms with E-state index >= 15 is 0 Å². The Kier molecular flexibility index (Phi) is 6.45. The van der Waals surface area contributed by atoms with Gasteiger partial charge in [0.25, 0.3) is 5.56 Å². The molecule has 0 saturated carbocycles. The molecular formula is C29H22F3N5O4. The summed E-state index contributed by atoms with van der Waals surface area (Å²) >= 11 is 0. The van der Waals surface area contributed by atoms with Crippen LogP contribution in [0.5, 0.6) is 11.8 Å². The molecule has 0 atom stereocenters. The molecule has 0 aliphatic carbocycles. The molecule has 6 rings (SSSR count). The van der Waals surface area contributed by atoms with Crippen LogP contribution in [0.15, 0.2) is 77.6 Å². The lowest BCUT2D eigenvalue weighted by Gasteiger charge is -2.28. The van der Waals surface area contributed by atoms with E-state index in [1.54, 1.807) is 53.4 Å². The molecule has 3 heterocycles. The summed E-state index contributed by atoms with van der Waals surface area (Å²) in [5, 5.41) is 0. The Balaban J connectivity index is 1.36. The van der Waals surface area contributed by atoms with E-state index in [0.717, 1.165) is 12.1 Å². The minimum absolute atomic E-state index is 0.0580. The first kappa shape index (κ1) is 26.1. The number of para-hydroxylation sites is 1. The van der Waals surface area contributed by atoms with Crippen LogP contribution >= 0.6 is 0 Å². The number of alkyl halides is 3. The predicted octanol–water partition coefficient (Wildman–Crippen LogP) is 5.27. The summed E-state index contributed by atoms with van der Waals surface area (Å²) in [6.07, 6.45) is -4.09. The van der Waals surface area contributed by atoms with Crippen LogP contribution in [0.25, 0.3) is 16.7 Å². The van der Waals surface area contributed by atoms with Gasteiger partial charge in [-0.25, -0.2) is 19.3 Å². The molecule has 5 aromatic rings. The van der Waals surface area contributed by atoms with E-state index in [2.05, 4.69) is 9.97 Å². The van der Waals surface area contributed by atoms with Crippen LogP contribution in [0.2, 0.25) is 0 Å². The van der Waals surface area contributed by atoms with E-state index in [0.29, 0.717) is 52.7 Å². The highest BCUT2D eigenvalue weighted by Gasteiger charge is 2.31. The summed E-state index contributed by atoms with van der Waals surface area (Å²) in [4.78, 5) is 39.6. The molecule has 0 spiro atoms. The van der Waals surface area contributed by atoms with Crippen LogP contribution in [0.1, 0.15) is 27.2 Å². The monoisotopic (exact) mass is 561 g/mol. The summed E-state index contributed by atoms with van der Waals surface area (Å²) in [6, 6.07) is 18.5. The number of hydrogen-bond acceptors (Lipinski definition) is 7. The van der Waals surface area contributed by atoms with Crippen LogP contribution in [0, 0.1) is 0 Å². The molecule has 9 nitrogen and oxygen atoms in total. The molecule has 3 aromatic carbocycles. The zero-order chi connectivity index (χ0) is 28.7. The number of carbonyl (C=O) groups is 1. The first-order valence-electron chi connectivity index (χ1n) is 12.6. The topological polar surface area (TPSA) is 102 Å². The highest BCUT2D eigenvalue weighted by molar-refractivity contribution is 5.89. The number of carbonyl (C=O) groups excluding carboxylic acids is 1. The van der Waals surface area contributed by atoms with Crippen LogP contribution in [-0.2, 0) is 23.9 Å². The fourth-order valence-corrected chi connectivity index (χ4v) is 4.71. The average molecular weight is 562 g/mol. The average Bonchev–Trinajstić information content (AvgIpc) is 3.41. The summed E-state index contributed by atoms with van der Waals surface area (Å²) in [7, 11) is 1.29. The summed E-state index contributed by atoms with van der Waals surface area (Å²) < 4.78 is 51.7. The van der Waals surface area contributed by atoms with Gasteiger partial charge in [-0.1, -0.05) is 18.2 Å². The van der Waals surface area contributed by atoms with Gasteiger partial charge in [0, 0.05) is 13.0 Å². The first-order valence-corrected chi connectivity index (χ1v) is 12.6. The number of fused-ring (bicyclic) bond motifs is 2. The van der Waals surface area contributed by atoms with Crippen molar-refractivity contribution < 1.29 is 27.4 Å². The van der Waals surface area contributed by atoms with Crippen LogP contribution < -0.4 is 15.2 Å². The van der Waals surface area contributed by atoms with Crippen molar-refractivity contribution in [1.82, 2.24) is 19.5 Å². The molecule has 1 N–H and O–H groups in total. The van der Waals surface area contributed by atoms with E-state index in [1.165, 1.54) is 17.7 Å². The van der Waals surface area contributed by atoms with Crippen LogP contribution in [0.4, 0.5) is 19.1 Å². The zero-order valence-corrected chi connectivity index (χ0v) is 21.6. The maximum Gasteiger partial charge on any atom is 0.416 e. The molecule has 1 aliphatic rings. The standard InChI is InChI=1S/C29H22F3N5O4/c1-40-26(39)17-7-10-20(11-8-17)41-28-35-22-13-14-36(16-21(22)25(38)37(28)19-5-3-2-4-6-19)27-33-23-12-9-18(29(30,31)32)15-24(23)34-27/h2-12,15H,13-14,16H2,1H3,(H,33,34). The highest BCUT2D eigenvalue weighted by Crippen LogP contribution is 2.32. The van der Waals surface area contributed by atoms with Crippen molar-refractivity contribution >= 4 is 23.0 Å². The van der Waals surface area contributed by atoms with Gasteiger partial charge in [-0.15, -0.1) is 0 Å². The largest absolute Gasteiger partial charge is 0.465 e. The van der Waals surface area contributed by atoms with Crippen molar-refractivity contribution in [2.75, 3.05) is 18.6 Å². The van der Waals surface area contributed by atoms with Gasteiger partial charge in [-0.3, -0.25) is 4.79 Å². The second-order valence-electron chi connectivity index (χ2n) is 9.38. The Morgan fingerprint density at radius 1 is 1.00 bits per heavy atom. The Morgan fingerprint density at radius 3 is 2.46 bits per heavy atom. The normalized spacial score (nSPS) is 13.2. The second kappa shape index (κ2) is 10.1. The van der Waals surface area contributed by atoms with Gasteiger partial charge in [-0.05, 0) is 54.6 Å². The first-order chi connectivity index (χ1) is 19.7.